The van der Waals surface area contributed by atoms with Gasteiger partial charge in [-0.2, -0.15) is 0 Å². The zero-order chi connectivity index (χ0) is 17.7. The smallest absolute Gasteiger partial charge is 0.309 e. The monoisotopic (exact) mass is 334 g/mol. The number of aliphatic carboxylic acids is 1. The van der Waals surface area contributed by atoms with Gasteiger partial charge in [-0.3, -0.25) is 4.79 Å². The number of allylic oxidation sites excluding steroid dienone is 1. The molecule has 0 radical (unpaired) electrons. The van der Waals surface area contributed by atoms with Gasteiger partial charge >= 0.3 is 5.97 Å². The molecule has 3 rings (SSSR count). The molecular weight excluding hydrogens is 300 g/mol. The van der Waals surface area contributed by atoms with Crippen LogP contribution in [0.25, 0.3) is 0 Å². The van der Waals surface area contributed by atoms with Crippen LogP contribution >= 0.6 is 0 Å². The molecule has 0 aromatic carbocycles. The van der Waals surface area contributed by atoms with E-state index in [-0.39, 0.29) is 17.4 Å². The minimum atomic E-state index is -0.596. The van der Waals surface area contributed by atoms with Gasteiger partial charge in [0.1, 0.15) is 0 Å². The topological polar surface area (TPSA) is 46.5 Å². The third kappa shape index (κ3) is 2.46. The van der Waals surface area contributed by atoms with E-state index in [1.54, 1.807) is 5.57 Å². The molecule has 0 bridgehead atoms. The fraction of sp³-hybridized carbons (Fsp3) is 0.857. The molecule has 1 saturated carbocycles. The Morgan fingerprint density at radius 3 is 2.50 bits per heavy atom. The first-order valence-electron chi connectivity index (χ1n) is 9.74. The third-order valence-electron chi connectivity index (χ3n) is 7.77. The Labute approximate surface area is 146 Å². The molecule has 24 heavy (non-hydrogen) atoms. The number of hydrogen-bond donors (Lipinski definition) is 1. The van der Waals surface area contributed by atoms with Gasteiger partial charge in [0.2, 0.25) is 0 Å². The van der Waals surface area contributed by atoms with Crippen molar-refractivity contribution in [2.75, 3.05) is 7.11 Å². The average Bonchev–Trinajstić information content (AvgIpc) is 2.53. The molecule has 0 aliphatic heterocycles. The number of rotatable bonds is 3. The molecule has 136 valence electrons. The number of carbonyl (C=O) groups is 1. The van der Waals surface area contributed by atoms with Crippen molar-refractivity contribution >= 4 is 5.97 Å². The Bertz CT molecular complexity index is 549. The van der Waals surface area contributed by atoms with Gasteiger partial charge in [0.05, 0.1) is 11.5 Å². The first-order chi connectivity index (χ1) is 11.3. The summed E-state index contributed by atoms with van der Waals surface area (Å²) < 4.78 is 5.98. The number of methoxy groups -OCH3 is 1. The Morgan fingerprint density at radius 2 is 1.92 bits per heavy atom. The Morgan fingerprint density at radius 1 is 1.21 bits per heavy atom. The third-order valence-corrected chi connectivity index (χ3v) is 7.77. The van der Waals surface area contributed by atoms with Crippen LogP contribution in [0.3, 0.4) is 0 Å². The van der Waals surface area contributed by atoms with E-state index < -0.39 is 11.4 Å². The van der Waals surface area contributed by atoms with Gasteiger partial charge in [-0.05, 0) is 74.2 Å². The van der Waals surface area contributed by atoms with E-state index in [0.29, 0.717) is 11.8 Å². The summed E-state index contributed by atoms with van der Waals surface area (Å²) in [5.74, 6) is 0.901. The van der Waals surface area contributed by atoms with Crippen molar-refractivity contribution in [3.63, 3.8) is 0 Å². The van der Waals surface area contributed by atoms with Gasteiger partial charge in [-0.25, -0.2) is 0 Å². The number of ether oxygens (including phenoxy) is 1. The quantitative estimate of drug-likeness (QED) is 0.734. The maximum absolute atomic E-state index is 12.1. The van der Waals surface area contributed by atoms with Gasteiger partial charge in [0.15, 0.2) is 0 Å². The molecule has 0 saturated heterocycles. The molecule has 3 aliphatic rings. The molecule has 0 unspecified atom stereocenters. The number of carboxylic acids is 1. The molecule has 1 fully saturated rings. The Kier molecular flexibility index (Phi) is 4.61. The molecule has 5 atom stereocenters. The zero-order valence-electron chi connectivity index (χ0n) is 16.0. The van der Waals surface area contributed by atoms with Gasteiger partial charge < -0.3 is 9.84 Å². The lowest BCUT2D eigenvalue weighted by atomic mass is 9.47. The van der Waals surface area contributed by atoms with Crippen LogP contribution in [0.4, 0.5) is 0 Å². The second-order valence-electron chi connectivity index (χ2n) is 9.19. The molecule has 3 nitrogen and oxygen atoms in total. The second kappa shape index (κ2) is 6.16. The standard InChI is InChI=1S/C21H34O3/c1-13(2)14-7-9-16-15(18(14)24-5)8-10-17-20(16,3)11-6-12-21(17,4)19(22)23/h13-14,17-18H,6-12H2,1-5H3,(H,22,23)/t14-,17+,18-,20+,21+/m0/s1. The molecule has 1 N–H and O–H groups in total. The summed E-state index contributed by atoms with van der Waals surface area (Å²) >= 11 is 0. The van der Waals surface area contributed by atoms with E-state index in [2.05, 4.69) is 20.8 Å². The fourth-order valence-electron chi connectivity index (χ4n) is 6.43. The zero-order valence-corrected chi connectivity index (χ0v) is 16.0. The average molecular weight is 335 g/mol. The minimum absolute atomic E-state index is 0.0533. The van der Waals surface area contributed by atoms with E-state index in [4.69, 9.17) is 4.74 Å². The van der Waals surface area contributed by atoms with Crippen LogP contribution in [-0.4, -0.2) is 24.3 Å². The first-order valence-corrected chi connectivity index (χ1v) is 9.74. The van der Waals surface area contributed by atoms with Crippen molar-refractivity contribution < 1.29 is 14.6 Å². The van der Waals surface area contributed by atoms with Crippen LogP contribution in [0.1, 0.15) is 72.6 Å². The number of carboxylic acid groups (broad SMARTS) is 1. The molecule has 3 heteroatoms. The molecule has 0 aromatic rings. The second-order valence-corrected chi connectivity index (χ2v) is 9.19. The summed E-state index contributed by atoms with van der Waals surface area (Å²) in [7, 11) is 1.85. The highest BCUT2D eigenvalue weighted by Crippen LogP contribution is 2.62. The maximum atomic E-state index is 12.1. The summed E-state index contributed by atoms with van der Waals surface area (Å²) in [6, 6.07) is 0. The Hall–Kier alpha value is -0.830. The van der Waals surface area contributed by atoms with Crippen molar-refractivity contribution in [2.45, 2.75) is 78.7 Å². The summed E-state index contributed by atoms with van der Waals surface area (Å²) in [5, 5.41) is 9.92. The van der Waals surface area contributed by atoms with Crippen LogP contribution < -0.4 is 0 Å². The predicted octanol–water partition coefficient (Wildman–Crippen LogP) is 5.06. The maximum Gasteiger partial charge on any atom is 0.309 e. The fourth-order valence-corrected chi connectivity index (χ4v) is 6.43. The molecular formula is C21H34O3. The van der Waals surface area contributed by atoms with E-state index in [1.165, 1.54) is 12.0 Å². The van der Waals surface area contributed by atoms with Crippen LogP contribution in [0.5, 0.6) is 0 Å². The van der Waals surface area contributed by atoms with Crippen LogP contribution in [0.15, 0.2) is 11.1 Å². The van der Waals surface area contributed by atoms with Crippen molar-refractivity contribution in [1.29, 1.82) is 0 Å². The lowest BCUT2D eigenvalue weighted by molar-refractivity contribution is -0.159. The van der Waals surface area contributed by atoms with Crippen molar-refractivity contribution in [3.05, 3.63) is 11.1 Å². The SMILES string of the molecule is CO[C@@H]1C2=C(CC[C@H]1C(C)C)[C@@]1(C)CCC[C@@](C)(C(=O)O)[C@@H]1CC2. The van der Waals surface area contributed by atoms with Crippen molar-refractivity contribution in [3.8, 4) is 0 Å². The highest BCUT2D eigenvalue weighted by atomic mass is 16.5. The molecule has 0 aromatic heterocycles. The lowest BCUT2D eigenvalue weighted by Crippen LogP contribution is -2.52. The van der Waals surface area contributed by atoms with Gasteiger partial charge in [0, 0.05) is 7.11 Å². The number of hydrogen-bond acceptors (Lipinski definition) is 2. The summed E-state index contributed by atoms with van der Waals surface area (Å²) in [6.07, 6.45) is 7.59. The van der Waals surface area contributed by atoms with Gasteiger partial charge in [0.25, 0.3) is 0 Å². The summed E-state index contributed by atoms with van der Waals surface area (Å²) in [6.45, 7) is 8.96. The molecule has 3 aliphatic carbocycles. The van der Waals surface area contributed by atoms with Crippen LogP contribution in [0.2, 0.25) is 0 Å². The Balaban J connectivity index is 2.03. The summed E-state index contributed by atoms with van der Waals surface area (Å²) in [5.41, 5.74) is 2.58. The molecule has 0 spiro atoms. The largest absolute Gasteiger partial charge is 0.481 e. The molecule has 0 heterocycles. The van der Waals surface area contributed by atoms with Crippen LogP contribution in [-0.2, 0) is 9.53 Å². The lowest BCUT2D eigenvalue weighted by Gasteiger charge is -2.57. The number of fused-ring (bicyclic) bond motifs is 2. The predicted molar refractivity (Wildman–Crippen MR) is 95.8 cm³/mol. The van der Waals surface area contributed by atoms with Gasteiger partial charge in [-0.1, -0.05) is 32.8 Å². The van der Waals surface area contributed by atoms with Crippen molar-refractivity contribution in [1.82, 2.24) is 0 Å². The minimum Gasteiger partial charge on any atom is -0.481 e. The highest BCUT2D eigenvalue weighted by Gasteiger charge is 2.57. The molecule has 0 amide bonds. The van der Waals surface area contributed by atoms with Crippen LogP contribution in [0, 0.1) is 28.6 Å². The first kappa shape index (κ1) is 18.0. The highest BCUT2D eigenvalue weighted by molar-refractivity contribution is 5.75. The van der Waals surface area contributed by atoms with E-state index in [1.807, 2.05) is 14.0 Å². The normalized spacial score (nSPS) is 42.7. The van der Waals surface area contributed by atoms with Crippen molar-refractivity contribution in [2.24, 2.45) is 28.6 Å². The summed E-state index contributed by atoms with van der Waals surface area (Å²) in [4.78, 5) is 12.1. The van der Waals surface area contributed by atoms with E-state index >= 15 is 0 Å². The van der Waals surface area contributed by atoms with E-state index in [0.717, 1.165) is 38.5 Å². The van der Waals surface area contributed by atoms with E-state index in [9.17, 15) is 9.90 Å². The van der Waals surface area contributed by atoms with Gasteiger partial charge in [-0.15, -0.1) is 0 Å².